The zero-order valence-electron chi connectivity index (χ0n) is 19.3. The van der Waals surface area contributed by atoms with E-state index in [2.05, 4.69) is 25.9 Å². The van der Waals surface area contributed by atoms with E-state index >= 15 is 0 Å². The minimum absolute atomic E-state index is 0.0159. The molecule has 1 aromatic rings. The average molecular weight is 484 g/mol. The number of carbonyl (C=O) groups is 5. The van der Waals surface area contributed by atoms with Crippen molar-refractivity contribution in [3.05, 3.63) is 18.2 Å². The molecule has 0 aliphatic carbocycles. The third kappa shape index (κ3) is 9.15. The standard InChI is InChI=1S/C20H33N7O7/c1-9(2)15(19(32)27-16(10(3)28)20(33)34)26-18(31)13(6-11-7-23-8-24-11)25-17(30)12(21)4-5-14(22)29/h7-10,12-13,15-16,28H,4-6,21H2,1-3H3,(H2,22,29)(H,23,24)(H,25,30)(H,26,31)(H,27,32)(H,33,34). The first-order chi connectivity index (χ1) is 15.8. The Hall–Kier alpha value is -3.52. The smallest absolute Gasteiger partial charge is 0.328 e. The molecule has 14 nitrogen and oxygen atoms in total. The van der Waals surface area contributed by atoms with Crippen LogP contribution in [0.3, 0.4) is 0 Å². The quantitative estimate of drug-likeness (QED) is 0.135. The number of aromatic nitrogens is 2. The van der Waals surface area contributed by atoms with Crippen LogP contribution in [0.4, 0.5) is 0 Å². The zero-order valence-corrected chi connectivity index (χ0v) is 19.3. The van der Waals surface area contributed by atoms with Crippen molar-refractivity contribution in [2.24, 2.45) is 17.4 Å². The van der Waals surface area contributed by atoms with Gasteiger partial charge in [-0.15, -0.1) is 0 Å². The van der Waals surface area contributed by atoms with Crippen LogP contribution >= 0.6 is 0 Å². The molecule has 190 valence electrons. The van der Waals surface area contributed by atoms with Crippen molar-refractivity contribution in [2.75, 3.05) is 0 Å². The molecule has 5 unspecified atom stereocenters. The molecule has 0 bridgehead atoms. The van der Waals surface area contributed by atoms with E-state index in [0.717, 1.165) is 0 Å². The number of hydrogen-bond donors (Lipinski definition) is 8. The fourth-order valence-corrected chi connectivity index (χ4v) is 2.95. The number of carbonyl (C=O) groups excluding carboxylic acids is 4. The third-order valence-corrected chi connectivity index (χ3v) is 4.94. The highest BCUT2D eigenvalue weighted by molar-refractivity contribution is 5.94. The average Bonchev–Trinajstić information content (AvgIpc) is 3.25. The van der Waals surface area contributed by atoms with Crippen molar-refractivity contribution in [1.29, 1.82) is 0 Å². The lowest BCUT2D eigenvalue weighted by molar-refractivity contribution is -0.145. The van der Waals surface area contributed by atoms with Gasteiger partial charge >= 0.3 is 5.97 Å². The summed E-state index contributed by atoms with van der Waals surface area (Å²) in [5.74, 6) is -4.78. The van der Waals surface area contributed by atoms with E-state index in [1.54, 1.807) is 13.8 Å². The van der Waals surface area contributed by atoms with Crippen LogP contribution in [0.15, 0.2) is 12.5 Å². The van der Waals surface area contributed by atoms with Crippen molar-refractivity contribution in [3.8, 4) is 0 Å². The van der Waals surface area contributed by atoms with E-state index in [4.69, 9.17) is 11.5 Å². The van der Waals surface area contributed by atoms with Crippen LogP contribution in [0.25, 0.3) is 0 Å². The Balaban J connectivity index is 3.00. The highest BCUT2D eigenvalue weighted by Gasteiger charge is 2.33. The normalized spacial score (nSPS) is 15.5. The van der Waals surface area contributed by atoms with Crippen LogP contribution in [0.1, 0.15) is 39.3 Å². The fraction of sp³-hybridized carbons (Fsp3) is 0.600. The van der Waals surface area contributed by atoms with Crippen molar-refractivity contribution in [1.82, 2.24) is 25.9 Å². The Morgan fingerprint density at radius 2 is 1.65 bits per heavy atom. The summed E-state index contributed by atoms with van der Waals surface area (Å²) in [5.41, 5.74) is 11.4. The van der Waals surface area contributed by atoms with Gasteiger partial charge < -0.3 is 42.6 Å². The second kappa shape index (κ2) is 13.3. The SMILES string of the molecule is CC(C)C(NC(=O)C(Cc1cnc[nH]1)NC(=O)C(N)CCC(N)=O)C(=O)NC(C(=O)O)C(C)O. The maximum atomic E-state index is 13.0. The minimum Gasteiger partial charge on any atom is -0.480 e. The van der Waals surface area contributed by atoms with Gasteiger partial charge in [-0.25, -0.2) is 9.78 Å². The van der Waals surface area contributed by atoms with Crippen molar-refractivity contribution in [3.63, 3.8) is 0 Å². The maximum absolute atomic E-state index is 13.0. The van der Waals surface area contributed by atoms with E-state index in [-0.39, 0.29) is 19.3 Å². The van der Waals surface area contributed by atoms with Gasteiger partial charge in [-0.05, 0) is 19.3 Å². The van der Waals surface area contributed by atoms with Gasteiger partial charge in [0.1, 0.15) is 12.1 Å². The molecule has 0 saturated carbocycles. The number of amides is 4. The number of rotatable bonds is 14. The van der Waals surface area contributed by atoms with E-state index < -0.39 is 65.8 Å². The number of nitrogens with two attached hydrogens (primary N) is 2. The summed E-state index contributed by atoms with van der Waals surface area (Å²) < 4.78 is 0. The van der Waals surface area contributed by atoms with Gasteiger partial charge in [0, 0.05) is 24.7 Å². The molecule has 0 aliphatic rings. The lowest BCUT2D eigenvalue weighted by Crippen LogP contribution is -2.60. The summed E-state index contributed by atoms with van der Waals surface area (Å²) in [6, 6.07) is -5.02. The largest absolute Gasteiger partial charge is 0.480 e. The zero-order chi connectivity index (χ0) is 26.0. The monoisotopic (exact) mass is 483 g/mol. The molecule has 4 amide bonds. The summed E-state index contributed by atoms with van der Waals surface area (Å²) in [5, 5.41) is 26.0. The van der Waals surface area contributed by atoms with Gasteiger partial charge in [0.25, 0.3) is 0 Å². The third-order valence-electron chi connectivity index (χ3n) is 4.94. The number of aliphatic hydroxyl groups excluding tert-OH is 1. The van der Waals surface area contributed by atoms with Gasteiger partial charge in [0.05, 0.1) is 18.5 Å². The second-order valence-electron chi connectivity index (χ2n) is 8.25. The molecule has 34 heavy (non-hydrogen) atoms. The molecule has 0 fully saturated rings. The van der Waals surface area contributed by atoms with Crippen LogP contribution < -0.4 is 27.4 Å². The van der Waals surface area contributed by atoms with E-state index in [1.165, 1.54) is 19.4 Å². The number of aromatic amines is 1. The second-order valence-corrected chi connectivity index (χ2v) is 8.25. The van der Waals surface area contributed by atoms with Crippen molar-refractivity contribution in [2.45, 2.75) is 70.3 Å². The molecule has 5 atom stereocenters. The van der Waals surface area contributed by atoms with Gasteiger partial charge in [0.15, 0.2) is 6.04 Å². The summed E-state index contributed by atoms with van der Waals surface area (Å²) in [6.07, 6.45) is 1.31. The highest BCUT2D eigenvalue weighted by Crippen LogP contribution is 2.07. The number of nitrogens with zero attached hydrogens (tertiary/aromatic N) is 1. The first kappa shape index (κ1) is 28.5. The van der Waals surface area contributed by atoms with Crippen LogP contribution in [-0.2, 0) is 30.4 Å². The van der Waals surface area contributed by atoms with Gasteiger partial charge in [0.2, 0.25) is 23.6 Å². The number of aliphatic hydroxyl groups is 1. The van der Waals surface area contributed by atoms with Gasteiger partial charge in [-0.3, -0.25) is 19.2 Å². The number of imidazole rings is 1. The van der Waals surface area contributed by atoms with Crippen molar-refractivity contribution < 1.29 is 34.2 Å². The van der Waals surface area contributed by atoms with Crippen LogP contribution in [0.2, 0.25) is 0 Å². The Morgan fingerprint density at radius 3 is 2.12 bits per heavy atom. The lowest BCUT2D eigenvalue weighted by Gasteiger charge is -2.27. The predicted octanol–water partition coefficient (Wildman–Crippen LogP) is -2.88. The van der Waals surface area contributed by atoms with E-state index in [1.807, 2.05) is 0 Å². The maximum Gasteiger partial charge on any atom is 0.328 e. The number of carboxylic acids is 1. The first-order valence-electron chi connectivity index (χ1n) is 10.7. The van der Waals surface area contributed by atoms with E-state index in [9.17, 15) is 34.2 Å². The number of carboxylic acid groups (broad SMARTS) is 1. The molecular weight excluding hydrogens is 450 g/mol. The molecule has 10 N–H and O–H groups in total. The molecule has 1 rings (SSSR count). The molecule has 14 heteroatoms. The molecule has 0 aromatic carbocycles. The fourth-order valence-electron chi connectivity index (χ4n) is 2.95. The summed E-state index contributed by atoms with van der Waals surface area (Å²) >= 11 is 0. The Morgan fingerprint density at radius 1 is 1.03 bits per heavy atom. The Labute approximate surface area is 196 Å². The summed E-state index contributed by atoms with van der Waals surface area (Å²) in [4.78, 5) is 67.1. The molecule has 0 spiro atoms. The van der Waals surface area contributed by atoms with Gasteiger partial charge in [-0.2, -0.15) is 0 Å². The van der Waals surface area contributed by atoms with E-state index in [0.29, 0.717) is 5.69 Å². The predicted molar refractivity (Wildman–Crippen MR) is 119 cm³/mol. The molecule has 0 aliphatic heterocycles. The topological polar surface area (TPSA) is 243 Å². The molecular formula is C20H33N7O7. The number of H-pyrrole nitrogens is 1. The van der Waals surface area contributed by atoms with Gasteiger partial charge in [-0.1, -0.05) is 13.8 Å². The molecule has 0 saturated heterocycles. The summed E-state index contributed by atoms with van der Waals surface area (Å²) in [7, 11) is 0. The number of aliphatic carboxylic acids is 1. The molecule has 0 radical (unpaired) electrons. The van der Waals surface area contributed by atoms with Crippen LogP contribution in [-0.4, -0.2) is 80.1 Å². The number of hydrogen-bond acceptors (Lipinski definition) is 8. The number of primary amides is 1. The number of nitrogens with one attached hydrogen (secondary N) is 4. The Bertz CT molecular complexity index is 857. The molecule has 1 aromatic heterocycles. The summed E-state index contributed by atoms with van der Waals surface area (Å²) in [6.45, 7) is 4.47. The lowest BCUT2D eigenvalue weighted by atomic mass is 10.0. The van der Waals surface area contributed by atoms with Crippen LogP contribution in [0, 0.1) is 5.92 Å². The first-order valence-corrected chi connectivity index (χ1v) is 10.7. The highest BCUT2D eigenvalue weighted by atomic mass is 16.4. The van der Waals surface area contributed by atoms with Crippen molar-refractivity contribution >= 4 is 29.6 Å². The van der Waals surface area contributed by atoms with Crippen LogP contribution in [0.5, 0.6) is 0 Å². The Kier molecular flexibility index (Phi) is 11.1. The minimum atomic E-state index is -1.57. The molecule has 1 heterocycles.